The van der Waals surface area contributed by atoms with Gasteiger partial charge in [0, 0.05) is 35.9 Å². The number of anilines is 1. The predicted molar refractivity (Wildman–Crippen MR) is 105 cm³/mol. The Kier molecular flexibility index (Phi) is 4.85. The summed E-state index contributed by atoms with van der Waals surface area (Å²) in [5.41, 5.74) is 2.07. The molecule has 0 spiro atoms. The Labute approximate surface area is 152 Å². The molecule has 0 aliphatic carbocycles. The summed E-state index contributed by atoms with van der Waals surface area (Å²) in [5.74, 6) is -0.0427. The van der Waals surface area contributed by atoms with E-state index < -0.39 is 0 Å². The number of fused-ring (bicyclic) bond motifs is 1. The fourth-order valence-electron chi connectivity index (χ4n) is 3.51. The molecule has 4 nitrogen and oxygen atoms in total. The first-order valence-electron chi connectivity index (χ1n) is 8.96. The summed E-state index contributed by atoms with van der Waals surface area (Å²) in [6.45, 7) is 4.60. The third-order valence-electron chi connectivity index (χ3n) is 4.88. The van der Waals surface area contributed by atoms with E-state index in [1.165, 1.54) is 54.6 Å². The number of piperidine rings is 1. The van der Waals surface area contributed by atoms with E-state index in [-0.39, 0.29) is 5.91 Å². The molecule has 1 amide bonds. The van der Waals surface area contributed by atoms with Crippen molar-refractivity contribution >= 4 is 33.8 Å². The lowest BCUT2D eigenvalue weighted by atomic mass is 10.1. The molecule has 1 aromatic carbocycles. The summed E-state index contributed by atoms with van der Waals surface area (Å²) in [7, 11) is 0. The molecule has 1 aliphatic heterocycles. The zero-order chi connectivity index (χ0) is 17.1. The van der Waals surface area contributed by atoms with Gasteiger partial charge in [0.2, 0.25) is 0 Å². The molecule has 4 rings (SSSR count). The highest BCUT2D eigenvalue weighted by Crippen LogP contribution is 2.22. The van der Waals surface area contributed by atoms with Crippen LogP contribution in [0, 0.1) is 0 Å². The molecule has 0 unspecified atom stereocenters. The first kappa shape index (κ1) is 16.4. The fourth-order valence-corrected chi connectivity index (χ4v) is 4.12. The summed E-state index contributed by atoms with van der Waals surface area (Å²) in [4.78, 5) is 15.5. The summed E-state index contributed by atoms with van der Waals surface area (Å²) in [5, 5.41) is 6.07. The Morgan fingerprint density at radius 1 is 1.08 bits per heavy atom. The molecule has 0 saturated carbocycles. The number of benzene rings is 1. The lowest BCUT2D eigenvalue weighted by Crippen LogP contribution is -2.32. The van der Waals surface area contributed by atoms with Gasteiger partial charge in [-0.2, -0.15) is 0 Å². The van der Waals surface area contributed by atoms with Crippen LogP contribution in [0.5, 0.6) is 0 Å². The van der Waals surface area contributed by atoms with Crippen molar-refractivity contribution in [2.45, 2.75) is 25.8 Å². The van der Waals surface area contributed by atoms with Crippen molar-refractivity contribution in [3.8, 4) is 0 Å². The van der Waals surface area contributed by atoms with Crippen LogP contribution in [0.15, 0.2) is 48.0 Å². The maximum Gasteiger partial charge on any atom is 0.265 e. The zero-order valence-electron chi connectivity index (χ0n) is 14.3. The van der Waals surface area contributed by atoms with Gasteiger partial charge in [-0.3, -0.25) is 4.79 Å². The molecule has 0 radical (unpaired) electrons. The van der Waals surface area contributed by atoms with E-state index in [1.54, 1.807) is 0 Å². The molecule has 25 heavy (non-hydrogen) atoms. The largest absolute Gasteiger partial charge is 0.346 e. The molecular weight excluding hydrogens is 330 g/mol. The van der Waals surface area contributed by atoms with Crippen LogP contribution in [0.25, 0.3) is 10.9 Å². The summed E-state index contributed by atoms with van der Waals surface area (Å²) >= 11 is 1.46. The van der Waals surface area contributed by atoms with Crippen molar-refractivity contribution < 1.29 is 4.79 Å². The van der Waals surface area contributed by atoms with Crippen molar-refractivity contribution in [3.63, 3.8) is 0 Å². The van der Waals surface area contributed by atoms with Crippen molar-refractivity contribution in [1.29, 1.82) is 0 Å². The Bertz CT molecular complexity index is 847. The van der Waals surface area contributed by atoms with E-state index in [9.17, 15) is 4.79 Å². The third kappa shape index (κ3) is 3.78. The third-order valence-corrected chi connectivity index (χ3v) is 5.75. The molecular formula is C20H23N3OS. The number of rotatable bonds is 5. The zero-order valence-corrected chi connectivity index (χ0v) is 15.1. The van der Waals surface area contributed by atoms with Crippen molar-refractivity contribution in [2.24, 2.45) is 0 Å². The average molecular weight is 353 g/mol. The first-order chi connectivity index (χ1) is 12.3. The lowest BCUT2D eigenvalue weighted by Gasteiger charge is -2.26. The number of amides is 1. The Balaban J connectivity index is 1.44. The lowest BCUT2D eigenvalue weighted by molar-refractivity contribution is 0.103. The van der Waals surface area contributed by atoms with E-state index in [4.69, 9.17) is 0 Å². The highest BCUT2D eigenvalue weighted by atomic mass is 32.1. The topological polar surface area (TPSA) is 37.3 Å². The number of aromatic nitrogens is 1. The quantitative estimate of drug-likeness (QED) is 0.736. The van der Waals surface area contributed by atoms with Gasteiger partial charge in [0.15, 0.2) is 0 Å². The summed E-state index contributed by atoms with van der Waals surface area (Å²) < 4.78 is 2.31. The molecule has 3 aromatic rings. The number of nitrogens with one attached hydrogen (secondary N) is 1. The van der Waals surface area contributed by atoms with Crippen LogP contribution in [0.3, 0.4) is 0 Å². The minimum absolute atomic E-state index is 0.0427. The highest BCUT2D eigenvalue weighted by molar-refractivity contribution is 7.12. The monoisotopic (exact) mass is 353 g/mol. The van der Waals surface area contributed by atoms with Gasteiger partial charge < -0.3 is 14.8 Å². The van der Waals surface area contributed by atoms with Gasteiger partial charge in [-0.15, -0.1) is 11.3 Å². The number of hydrogen-bond acceptors (Lipinski definition) is 3. The smallest absolute Gasteiger partial charge is 0.265 e. The molecule has 130 valence electrons. The van der Waals surface area contributed by atoms with Crippen molar-refractivity contribution in [3.05, 3.63) is 52.9 Å². The Morgan fingerprint density at radius 2 is 1.96 bits per heavy atom. The van der Waals surface area contributed by atoms with Crippen LogP contribution in [-0.4, -0.2) is 35.0 Å². The normalized spacial score (nSPS) is 15.5. The van der Waals surface area contributed by atoms with Crippen molar-refractivity contribution in [1.82, 2.24) is 9.47 Å². The average Bonchev–Trinajstić information content (AvgIpc) is 3.31. The van der Waals surface area contributed by atoms with Crippen molar-refractivity contribution in [2.75, 3.05) is 25.0 Å². The molecule has 1 saturated heterocycles. The van der Waals surface area contributed by atoms with Gasteiger partial charge in [0.25, 0.3) is 5.91 Å². The van der Waals surface area contributed by atoms with E-state index in [0.717, 1.165) is 23.7 Å². The second-order valence-corrected chi connectivity index (χ2v) is 7.56. The van der Waals surface area contributed by atoms with E-state index in [0.29, 0.717) is 0 Å². The summed E-state index contributed by atoms with van der Waals surface area (Å²) in [6.07, 6.45) is 6.20. The van der Waals surface area contributed by atoms with Crippen LogP contribution in [0.2, 0.25) is 0 Å². The summed E-state index contributed by atoms with van der Waals surface area (Å²) in [6, 6.07) is 12.0. The molecule has 3 heterocycles. The van der Waals surface area contributed by atoms with Crippen LogP contribution in [0.1, 0.15) is 28.9 Å². The first-order valence-corrected chi connectivity index (χ1v) is 9.84. The van der Waals surface area contributed by atoms with Gasteiger partial charge in [-0.25, -0.2) is 0 Å². The molecule has 1 N–H and O–H groups in total. The number of likely N-dealkylation sites (tertiary alicyclic amines) is 1. The number of nitrogens with zero attached hydrogens (tertiary/aromatic N) is 2. The maximum atomic E-state index is 12.2. The highest BCUT2D eigenvalue weighted by Gasteiger charge is 2.11. The number of thiophene rings is 1. The second kappa shape index (κ2) is 7.42. The van der Waals surface area contributed by atoms with E-state index in [1.807, 2.05) is 23.6 Å². The molecule has 1 fully saturated rings. The van der Waals surface area contributed by atoms with Crippen LogP contribution in [0.4, 0.5) is 5.69 Å². The van der Waals surface area contributed by atoms with Gasteiger partial charge in [0.05, 0.1) is 4.88 Å². The van der Waals surface area contributed by atoms with E-state index >= 15 is 0 Å². The molecule has 2 aromatic heterocycles. The fraction of sp³-hybridized carbons (Fsp3) is 0.350. The Morgan fingerprint density at radius 3 is 2.76 bits per heavy atom. The standard InChI is InChI=1S/C20H23N3OS/c24-20(19-5-4-14-25-19)21-17-6-7-18-16(15-17)8-11-23(18)13-12-22-9-2-1-3-10-22/h4-8,11,14-15H,1-3,9-10,12-13H2,(H,21,24). The molecule has 1 aliphatic rings. The SMILES string of the molecule is O=C(Nc1ccc2c(ccn2CCN2CCCCC2)c1)c1cccs1. The maximum absolute atomic E-state index is 12.2. The predicted octanol–water partition coefficient (Wildman–Crippen LogP) is 4.44. The molecule has 0 bridgehead atoms. The number of carbonyl (C=O) groups excluding carboxylic acids is 1. The minimum Gasteiger partial charge on any atom is -0.346 e. The minimum atomic E-state index is -0.0427. The van der Waals surface area contributed by atoms with Gasteiger partial charge in [-0.1, -0.05) is 12.5 Å². The second-order valence-electron chi connectivity index (χ2n) is 6.62. The van der Waals surface area contributed by atoms with Crippen LogP contribution < -0.4 is 5.32 Å². The van der Waals surface area contributed by atoms with Gasteiger partial charge in [-0.05, 0) is 61.6 Å². The van der Waals surface area contributed by atoms with Gasteiger partial charge in [0.1, 0.15) is 0 Å². The molecule has 5 heteroatoms. The number of hydrogen-bond donors (Lipinski definition) is 1. The Hall–Kier alpha value is -2.11. The van der Waals surface area contributed by atoms with E-state index in [2.05, 4.69) is 39.2 Å². The van der Waals surface area contributed by atoms with Gasteiger partial charge >= 0.3 is 0 Å². The van der Waals surface area contributed by atoms with Crippen LogP contribution >= 0.6 is 11.3 Å². The molecule has 0 atom stereocenters. The van der Waals surface area contributed by atoms with Crippen LogP contribution in [-0.2, 0) is 6.54 Å². The number of carbonyl (C=O) groups is 1.